The van der Waals surface area contributed by atoms with Gasteiger partial charge in [-0.25, -0.2) is 0 Å². The molecule has 174 valence electrons. The van der Waals surface area contributed by atoms with Gasteiger partial charge in [0.05, 0.1) is 25.9 Å². The molecule has 0 heterocycles. The molecule has 32 heavy (non-hydrogen) atoms. The molecule has 0 unspecified atom stereocenters. The molecule has 0 bridgehead atoms. The minimum atomic E-state index is -0.334. The fourth-order valence-corrected chi connectivity index (χ4v) is 3.25. The zero-order chi connectivity index (χ0) is 23.5. The third-order valence-corrected chi connectivity index (χ3v) is 5.16. The Morgan fingerprint density at radius 3 is 2.53 bits per heavy atom. The monoisotopic (exact) mass is 522 g/mol. The van der Waals surface area contributed by atoms with Crippen LogP contribution in [-0.4, -0.2) is 31.3 Å². The summed E-state index contributed by atoms with van der Waals surface area (Å²) in [6.45, 7) is 7.82. The van der Waals surface area contributed by atoms with E-state index in [9.17, 15) is 4.79 Å². The fraction of sp³-hybridized carbons (Fsp3) is 0.417. The van der Waals surface area contributed by atoms with Crippen molar-refractivity contribution in [2.45, 2.75) is 40.2 Å². The Hall–Kier alpha value is -2.32. The van der Waals surface area contributed by atoms with Gasteiger partial charge in [-0.2, -0.15) is 0 Å². The summed E-state index contributed by atoms with van der Waals surface area (Å²) in [5.41, 5.74) is 1.36. The molecule has 0 spiro atoms. The van der Waals surface area contributed by atoms with E-state index in [-0.39, 0.29) is 11.0 Å². The molecule has 2 rings (SSSR count). The molecule has 0 saturated heterocycles. The lowest BCUT2D eigenvalue weighted by Crippen LogP contribution is -2.39. The van der Waals surface area contributed by atoms with E-state index in [1.807, 2.05) is 24.3 Å². The van der Waals surface area contributed by atoms with Crippen molar-refractivity contribution in [3.05, 3.63) is 52.0 Å². The smallest absolute Gasteiger partial charge is 0.261 e. The Morgan fingerprint density at radius 1 is 1.09 bits per heavy atom. The standard InChI is InChI=1S/C24H31BrN2O4S/c1-5-6-11-30-21-9-7-17(12-22(21)29-4)14-26-24(32)27-23(28)19-13-18(25)8-10-20(19)31-15-16(2)3/h7-10,12-13,16H,5-6,11,14-15H2,1-4H3,(H2,26,27,28,32). The lowest BCUT2D eigenvalue weighted by Gasteiger charge is -2.15. The summed E-state index contributed by atoms with van der Waals surface area (Å²) in [4.78, 5) is 12.8. The number of halogens is 1. The summed E-state index contributed by atoms with van der Waals surface area (Å²) >= 11 is 8.72. The van der Waals surface area contributed by atoms with Gasteiger partial charge in [-0.3, -0.25) is 10.1 Å². The average Bonchev–Trinajstić information content (AvgIpc) is 2.77. The van der Waals surface area contributed by atoms with Crippen molar-refractivity contribution < 1.29 is 19.0 Å². The molecule has 1 amide bonds. The molecular formula is C24H31BrN2O4S. The predicted octanol–water partition coefficient (Wildman–Crippen LogP) is 5.48. The Kier molecular flexibility index (Phi) is 10.8. The Bertz CT molecular complexity index is 921. The van der Waals surface area contributed by atoms with E-state index in [1.54, 1.807) is 19.2 Å². The third-order valence-electron chi connectivity index (χ3n) is 4.42. The van der Waals surface area contributed by atoms with Crippen molar-refractivity contribution in [2.75, 3.05) is 20.3 Å². The van der Waals surface area contributed by atoms with Crippen LogP contribution in [0.4, 0.5) is 0 Å². The van der Waals surface area contributed by atoms with Crippen LogP contribution in [0.2, 0.25) is 0 Å². The number of nitrogens with one attached hydrogen (secondary N) is 2. The number of thiocarbonyl (C=S) groups is 1. The summed E-state index contributed by atoms with van der Waals surface area (Å²) in [5, 5.41) is 6.01. The largest absolute Gasteiger partial charge is 0.493 e. The highest BCUT2D eigenvalue weighted by atomic mass is 79.9. The Balaban J connectivity index is 1.97. The summed E-state index contributed by atoms with van der Waals surface area (Å²) in [5.74, 6) is 1.91. The highest BCUT2D eigenvalue weighted by molar-refractivity contribution is 9.10. The van der Waals surface area contributed by atoms with Gasteiger partial charge < -0.3 is 19.5 Å². The SMILES string of the molecule is CCCCOc1ccc(CNC(=S)NC(=O)c2cc(Br)ccc2OCC(C)C)cc1OC. The molecule has 8 heteroatoms. The van der Waals surface area contributed by atoms with Crippen molar-refractivity contribution >= 4 is 39.2 Å². The molecular weight excluding hydrogens is 492 g/mol. The second-order valence-corrected chi connectivity index (χ2v) is 8.99. The third kappa shape index (κ3) is 8.31. The molecule has 0 aromatic heterocycles. The fourth-order valence-electron chi connectivity index (χ4n) is 2.73. The lowest BCUT2D eigenvalue weighted by molar-refractivity contribution is 0.0971. The topological polar surface area (TPSA) is 68.8 Å². The van der Waals surface area contributed by atoms with E-state index in [0.717, 1.165) is 22.9 Å². The number of hydrogen-bond acceptors (Lipinski definition) is 5. The quantitative estimate of drug-likeness (QED) is 0.301. The summed E-state index contributed by atoms with van der Waals surface area (Å²) < 4.78 is 17.8. The first-order chi connectivity index (χ1) is 15.3. The maximum Gasteiger partial charge on any atom is 0.261 e. The van der Waals surface area contributed by atoms with Crippen molar-refractivity contribution in [3.63, 3.8) is 0 Å². The van der Waals surface area contributed by atoms with Crippen LogP contribution in [0.15, 0.2) is 40.9 Å². The summed E-state index contributed by atoms with van der Waals surface area (Å²) in [6, 6.07) is 11.0. The van der Waals surface area contributed by atoms with Crippen molar-refractivity contribution in [3.8, 4) is 17.2 Å². The number of rotatable bonds is 11. The van der Waals surface area contributed by atoms with Crippen LogP contribution >= 0.6 is 28.1 Å². The van der Waals surface area contributed by atoms with Crippen LogP contribution in [0.5, 0.6) is 17.2 Å². The van der Waals surface area contributed by atoms with E-state index in [1.165, 1.54) is 0 Å². The zero-order valence-corrected chi connectivity index (χ0v) is 21.4. The first kappa shape index (κ1) is 25.9. The Labute approximate surface area is 204 Å². The van der Waals surface area contributed by atoms with Gasteiger partial charge >= 0.3 is 0 Å². The summed E-state index contributed by atoms with van der Waals surface area (Å²) in [7, 11) is 1.61. The molecule has 2 aromatic carbocycles. The molecule has 0 fully saturated rings. The van der Waals surface area contributed by atoms with Crippen LogP contribution in [0.25, 0.3) is 0 Å². The van der Waals surface area contributed by atoms with E-state index in [4.69, 9.17) is 26.4 Å². The van der Waals surface area contributed by atoms with Gasteiger partial charge in [-0.15, -0.1) is 0 Å². The van der Waals surface area contributed by atoms with Crippen LogP contribution in [0, 0.1) is 5.92 Å². The van der Waals surface area contributed by atoms with Crippen molar-refractivity contribution in [1.82, 2.24) is 10.6 Å². The maximum atomic E-state index is 12.8. The summed E-state index contributed by atoms with van der Waals surface area (Å²) in [6.07, 6.45) is 2.06. The van der Waals surface area contributed by atoms with Gasteiger partial charge in [0.2, 0.25) is 0 Å². The number of carbonyl (C=O) groups is 1. The van der Waals surface area contributed by atoms with Gasteiger partial charge in [0.25, 0.3) is 5.91 Å². The van der Waals surface area contributed by atoms with E-state index in [0.29, 0.717) is 48.5 Å². The second-order valence-electron chi connectivity index (χ2n) is 7.67. The molecule has 6 nitrogen and oxygen atoms in total. The number of amides is 1. The zero-order valence-electron chi connectivity index (χ0n) is 19.0. The number of hydrogen-bond donors (Lipinski definition) is 2. The highest BCUT2D eigenvalue weighted by Crippen LogP contribution is 2.28. The molecule has 0 aliphatic carbocycles. The van der Waals surface area contributed by atoms with E-state index in [2.05, 4.69) is 47.3 Å². The van der Waals surface area contributed by atoms with Gasteiger partial charge in [0.1, 0.15) is 5.75 Å². The van der Waals surface area contributed by atoms with Gasteiger partial charge in [-0.05, 0) is 60.5 Å². The number of ether oxygens (including phenoxy) is 3. The molecule has 2 aromatic rings. The normalized spacial score (nSPS) is 10.6. The van der Waals surface area contributed by atoms with E-state index >= 15 is 0 Å². The number of carbonyl (C=O) groups excluding carboxylic acids is 1. The van der Waals surface area contributed by atoms with Crippen molar-refractivity contribution in [2.24, 2.45) is 5.92 Å². The Morgan fingerprint density at radius 2 is 1.84 bits per heavy atom. The van der Waals surface area contributed by atoms with Gasteiger partial charge in [0.15, 0.2) is 16.6 Å². The average molecular weight is 523 g/mol. The van der Waals surface area contributed by atoms with E-state index < -0.39 is 0 Å². The molecule has 0 saturated carbocycles. The van der Waals surface area contributed by atoms with Crippen molar-refractivity contribution in [1.29, 1.82) is 0 Å². The first-order valence-corrected chi connectivity index (χ1v) is 11.8. The number of methoxy groups -OCH3 is 1. The second kappa shape index (κ2) is 13.3. The van der Waals surface area contributed by atoms with Crippen LogP contribution in [0.1, 0.15) is 49.5 Å². The van der Waals surface area contributed by atoms with Gasteiger partial charge in [0, 0.05) is 11.0 Å². The number of benzene rings is 2. The first-order valence-electron chi connectivity index (χ1n) is 10.6. The lowest BCUT2D eigenvalue weighted by atomic mass is 10.2. The minimum absolute atomic E-state index is 0.229. The molecule has 2 N–H and O–H groups in total. The predicted molar refractivity (Wildman–Crippen MR) is 135 cm³/mol. The molecule has 0 aliphatic rings. The maximum absolute atomic E-state index is 12.8. The highest BCUT2D eigenvalue weighted by Gasteiger charge is 2.15. The molecule has 0 radical (unpaired) electrons. The number of unbranched alkanes of at least 4 members (excludes halogenated alkanes) is 1. The molecule has 0 atom stereocenters. The van der Waals surface area contributed by atoms with Gasteiger partial charge in [-0.1, -0.05) is 49.2 Å². The minimum Gasteiger partial charge on any atom is -0.493 e. The van der Waals surface area contributed by atoms with Crippen LogP contribution in [0.3, 0.4) is 0 Å². The van der Waals surface area contributed by atoms with Crippen LogP contribution < -0.4 is 24.8 Å². The van der Waals surface area contributed by atoms with Crippen LogP contribution in [-0.2, 0) is 6.54 Å². The molecule has 0 aliphatic heterocycles.